The number of hydrogen-bond acceptors (Lipinski definition) is 14. The average Bonchev–Trinajstić information content (AvgIpc) is 0.762. The van der Waals surface area contributed by atoms with Gasteiger partial charge in [0, 0.05) is 64.5 Å². The summed E-state index contributed by atoms with van der Waals surface area (Å²) in [4.78, 5) is 69.6. The molecule has 35 heteroatoms. The van der Waals surface area contributed by atoms with Gasteiger partial charge in [-0.05, 0) is 66.9 Å². The molecule has 2 heterocycles. The van der Waals surface area contributed by atoms with Gasteiger partial charge in [-0.1, -0.05) is 142 Å². The molecule has 0 spiro atoms. The van der Waals surface area contributed by atoms with Crippen molar-refractivity contribution >= 4 is 62.8 Å². The topological polar surface area (TPSA) is 248 Å². The predicted octanol–water partition coefficient (Wildman–Crippen LogP) is 7.32. The van der Waals surface area contributed by atoms with Gasteiger partial charge in [-0.3, -0.25) is 42.2 Å². The average molecular weight is 1800 g/mol. The van der Waals surface area contributed by atoms with Crippen LogP contribution in [0, 0.1) is 37.1 Å². The number of halogens is 12. The fourth-order valence-corrected chi connectivity index (χ4v) is 9.84. The summed E-state index contributed by atoms with van der Waals surface area (Å²) in [7, 11) is -0.411. The largest absolute Gasteiger partial charge is 1.00 e. The summed E-state index contributed by atoms with van der Waals surface area (Å²) in [6.45, 7) is 0.301. The van der Waals surface area contributed by atoms with E-state index in [9.17, 15) is 67.1 Å². The molecule has 2 aromatic heterocycles. The van der Waals surface area contributed by atoms with Crippen LogP contribution in [0.1, 0.15) is 78.7 Å². The Morgan fingerprint density at radius 1 is 0.637 bits per heavy atom. The molecule has 1 radical (unpaired) electrons. The molecule has 0 aliphatic heterocycles. The number of aliphatic imine (C=N–C) groups is 1. The van der Waals surface area contributed by atoms with Gasteiger partial charge in [-0.25, -0.2) is 27.2 Å². The molecule has 0 amide bonds. The van der Waals surface area contributed by atoms with E-state index in [-0.39, 0.29) is 208 Å². The molecule has 7 aromatic carbocycles. The number of hydrogen-bond donors (Lipinski definition) is 2. The summed E-state index contributed by atoms with van der Waals surface area (Å²) >= 11 is 4.74. The summed E-state index contributed by atoms with van der Waals surface area (Å²) in [5, 5.41) is 8.43. The van der Waals surface area contributed by atoms with Gasteiger partial charge in [-0.15, -0.1) is 0 Å². The molecule has 9 aromatic rings. The SMILES string of the molecule is C.C.COc1cccc(-c2c(C)n(Cc3c(F)cccc3C(F)(F)F)c(=O)[nH]c2=O)c1F.COc1cccc(-c2c(C)n(Cc3c(F)cccc3C(F)(F)F)c(=O)n(C[C@H](N)c3ccccc3)c2=O)c1F.CS(=O)(=O)OC[C@H](N=Cc1ccccc1)c1ccccc1.O=CO[O-].[H-].[I][V][I].[K+].[K+].[V]. The van der Waals surface area contributed by atoms with Crippen LogP contribution in [0.4, 0.5) is 43.9 Å². The normalized spacial score (nSPS) is 11.2. The molecule has 0 saturated carbocycles. The molecule has 9 rings (SSSR count). The zero-order chi connectivity index (χ0) is 72.0. The van der Waals surface area contributed by atoms with Gasteiger partial charge >= 0.3 is 176 Å². The minimum absolute atomic E-state index is 0. The van der Waals surface area contributed by atoms with Crippen LogP contribution >= 0.6 is 40.0 Å². The maximum Gasteiger partial charge on any atom is 1.00 e. The quantitative estimate of drug-likeness (QED) is 0.0125. The molecule has 0 aliphatic carbocycles. The zero-order valence-corrected chi connectivity index (χ0v) is 68.0. The Kier molecular flexibility index (Phi) is 44.7. The van der Waals surface area contributed by atoms with Gasteiger partial charge in [0.05, 0.1) is 75.0 Å². The third-order valence-electron chi connectivity index (χ3n) is 14.0. The Bertz CT molecular complexity index is 4560. The van der Waals surface area contributed by atoms with Crippen LogP contribution in [0.15, 0.2) is 188 Å². The van der Waals surface area contributed by atoms with Crippen LogP contribution in [0.3, 0.4) is 0 Å². The summed E-state index contributed by atoms with van der Waals surface area (Å²) < 4.78 is 179. The van der Waals surface area contributed by atoms with E-state index in [0.29, 0.717) is 27.2 Å². The van der Waals surface area contributed by atoms with Crippen molar-refractivity contribution in [3.8, 4) is 33.8 Å². The second-order valence-electron chi connectivity index (χ2n) is 20.1. The number of nitrogens with one attached hydrogen (secondary N) is 1. The number of aromatic amines is 1. The standard InChI is InChI=1S/C28H24F5N3O3.C20H15F5N2O3.C16H17NO3S.CH2O3.2CH4.2HI.2K.2V.H/c1-16-24(18-10-6-13-23(39-2)25(18)30)26(37)36(15-22(34)17-8-4-3-5-9-17)27(38)35(16)14-19-20(28(31,32)33)11-7-12-21(19)29;1-10-16(11-5-3-8-15(30-2)17(11)22)18(28)26-19(29)27(10)9-12-13(20(23,24)25)6-4-7-14(12)21;1-21(18,19)20-13-16(15-10-6-3-7-11-15)17-12-14-8-4-2-5-9-14;2-1-4-3;;;;;;;;;/h3-13,22H,14-15,34H2,1-2H3;3-8H,9H2,1-2H3,(H,26,28,29);2-12,16H,13H2,1H3;1,3H;2*1H4;2*1H;;;;;/q;;;;;;;;2*+1;;+2;-1/p-3/t22-;;16-;;;;;;;;;;/m0.0........../s1. The Hall–Kier alpha value is -4.33. The summed E-state index contributed by atoms with van der Waals surface area (Å²) in [5.74, 6) is -4.52. The monoisotopic (exact) mass is 1800 g/mol. The van der Waals surface area contributed by atoms with E-state index in [1.165, 1.54) is 64.5 Å². The molecule has 2 atom stereocenters. The van der Waals surface area contributed by atoms with Crippen LogP contribution < -0.4 is 146 Å². The number of rotatable bonds is 18. The maximum atomic E-state index is 15.3. The number of H-pyrrole nitrogens is 1. The molecule has 0 unspecified atom stereocenters. The Morgan fingerprint density at radius 2 is 1.04 bits per heavy atom. The second kappa shape index (κ2) is 46.7. The zero-order valence-electron chi connectivity index (χ0n) is 54.8. The number of nitrogens with two attached hydrogens (primary N) is 1. The number of benzene rings is 7. The first kappa shape index (κ1) is 97.7. The third-order valence-corrected chi connectivity index (χ3v) is 14.6. The van der Waals surface area contributed by atoms with E-state index in [2.05, 4.69) is 49.8 Å². The molecular formula is C67H66F10I2K2N6O12SV2. The van der Waals surface area contributed by atoms with E-state index >= 15 is 4.39 Å². The minimum Gasteiger partial charge on any atom is 0 e. The molecule has 102 heavy (non-hydrogen) atoms. The van der Waals surface area contributed by atoms with E-state index in [0.717, 1.165) is 55.3 Å². The first-order valence-corrected chi connectivity index (χ1v) is 38.7. The number of aromatic nitrogens is 4. The van der Waals surface area contributed by atoms with E-state index in [1.54, 1.807) is 36.5 Å². The smallest absolute Gasteiger partial charge is 0 e. The maximum absolute atomic E-state index is 15.3. The fourth-order valence-electron chi connectivity index (χ4n) is 9.46. The summed E-state index contributed by atoms with van der Waals surface area (Å²) in [5.41, 5.74) is -0.637. The van der Waals surface area contributed by atoms with Crippen molar-refractivity contribution < 1.29 is 213 Å². The van der Waals surface area contributed by atoms with Crippen molar-refractivity contribution in [1.29, 1.82) is 0 Å². The number of methoxy groups -OCH3 is 2. The fraction of sp³-hybridized carbons (Fsp3) is 0.224. The summed E-state index contributed by atoms with van der Waals surface area (Å²) in [6.07, 6.45) is -7.01. The minimum atomic E-state index is -4.92. The predicted molar refractivity (Wildman–Crippen MR) is 368 cm³/mol. The van der Waals surface area contributed by atoms with Gasteiger partial charge < -0.3 is 26.8 Å². The van der Waals surface area contributed by atoms with Crippen LogP contribution in [0.25, 0.3) is 22.3 Å². The Balaban J connectivity index is 0. The molecule has 18 nitrogen and oxygen atoms in total. The van der Waals surface area contributed by atoms with Crippen LogP contribution in [0.2, 0.25) is 0 Å². The number of carbonyl (C=O) groups is 1. The number of alkyl halides is 6. The molecular weight excluding hydrogens is 1740 g/mol. The first-order chi connectivity index (χ1) is 45.9. The Morgan fingerprint density at radius 3 is 1.46 bits per heavy atom. The molecule has 0 bridgehead atoms. The second-order valence-corrected chi connectivity index (χ2v) is 33.5. The van der Waals surface area contributed by atoms with Crippen LogP contribution in [-0.4, -0.2) is 66.9 Å². The molecule has 0 saturated heterocycles. The van der Waals surface area contributed by atoms with Crippen molar-refractivity contribution in [2.75, 3.05) is 27.1 Å². The molecule has 3 N–H and O–H groups in total. The van der Waals surface area contributed by atoms with Gasteiger partial charge in [0.1, 0.15) is 11.6 Å². The van der Waals surface area contributed by atoms with Crippen molar-refractivity contribution in [1.82, 2.24) is 18.7 Å². The van der Waals surface area contributed by atoms with Crippen molar-refractivity contribution in [2.45, 2.75) is 72.8 Å². The van der Waals surface area contributed by atoms with E-state index < -0.39 is 110 Å². The third kappa shape index (κ3) is 27.8. The molecule has 0 aliphatic rings. The van der Waals surface area contributed by atoms with E-state index in [4.69, 9.17) is 29.4 Å². The number of nitrogens with zero attached hydrogens (tertiary/aromatic N) is 4. The van der Waals surface area contributed by atoms with Crippen molar-refractivity contribution in [3.63, 3.8) is 0 Å². The van der Waals surface area contributed by atoms with E-state index in [1.807, 2.05) is 65.6 Å². The Labute approximate surface area is 708 Å². The van der Waals surface area contributed by atoms with Gasteiger partial charge in [0.15, 0.2) is 23.1 Å². The van der Waals surface area contributed by atoms with Crippen molar-refractivity contribution in [3.05, 3.63) is 279 Å². The summed E-state index contributed by atoms with van der Waals surface area (Å²) in [6, 6.07) is 39.3. The van der Waals surface area contributed by atoms with Crippen molar-refractivity contribution in [2.24, 2.45) is 10.7 Å². The van der Waals surface area contributed by atoms with Gasteiger partial charge in [0.25, 0.3) is 27.7 Å². The molecule has 0 fully saturated rings. The van der Waals surface area contributed by atoms with Crippen LogP contribution in [-0.2, 0) is 84.0 Å². The number of ether oxygens (including phenoxy) is 2. The first-order valence-electron chi connectivity index (χ1n) is 27.8. The van der Waals surface area contributed by atoms with Gasteiger partial charge in [-0.2, -0.15) is 34.8 Å². The molecule has 538 valence electrons. The van der Waals surface area contributed by atoms with Gasteiger partial charge in [0.2, 0.25) is 0 Å². The number of carbonyl (C=O) groups excluding carboxylic acids is 1. The van der Waals surface area contributed by atoms with Crippen LogP contribution in [0.5, 0.6) is 11.5 Å².